The summed E-state index contributed by atoms with van der Waals surface area (Å²) < 4.78 is 20.8. The van der Waals surface area contributed by atoms with Gasteiger partial charge in [-0.25, -0.2) is 4.79 Å². The lowest BCUT2D eigenvalue weighted by atomic mass is 10.1. The molecule has 0 bridgehead atoms. The van der Waals surface area contributed by atoms with E-state index in [2.05, 4.69) is 10.5 Å². The summed E-state index contributed by atoms with van der Waals surface area (Å²) in [6.45, 7) is 1.01. The maximum atomic E-state index is 12.6. The van der Waals surface area contributed by atoms with E-state index in [0.29, 0.717) is 30.2 Å². The molecule has 0 saturated heterocycles. The second-order valence-corrected chi connectivity index (χ2v) is 6.93. The van der Waals surface area contributed by atoms with E-state index in [0.717, 1.165) is 22.6 Å². The molecule has 32 heavy (non-hydrogen) atoms. The van der Waals surface area contributed by atoms with E-state index >= 15 is 0 Å². The first-order chi connectivity index (χ1) is 15.6. The van der Waals surface area contributed by atoms with Crippen LogP contribution in [-0.2, 0) is 27.4 Å². The Bertz CT molecular complexity index is 961. The Hall–Kier alpha value is -3.94. The van der Waals surface area contributed by atoms with Gasteiger partial charge in [-0.2, -0.15) is 5.10 Å². The fourth-order valence-corrected chi connectivity index (χ4v) is 3.20. The minimum atomic E-state index is -0.498. The van der Waals surface area contributed by atoms with Gasteiger partial charge in [-0.1, -0.05) is 24.3 Å². The van der Waals surface area contributed by atoms with E-state index in [1.165, 1.54) is 20.4 Å². The Labute approximate surface area is 187 Å². The quantitative estimate of drug-likeness (QED) is 0.603. The summed E-state index contributed by atoms with van der Waals surface area (Å²) in [6.07, 6.45) is 3.12. The monoisotopic (exact) mass is 437 g/mol. The Morgan fingerprint density at radius 1 is 0.844 bits per heavy atom. The molecule has 0 radical (unpaired) electrons. The first kappa shape index (κ1) is 22.7. The molecule has 0 atom stereocenters. The highest BCUT2D eigenvalue weighted by atomic mass is 16.5. The standard InChI is InChI=1S/C24H27N3O5/c1-29-19-9-5-17(6-10-19)15-27(16-18-7-11-20(30-2)12-8-18)23-22(24(28)32-4)13-21(31-3)14-25-26-23/h5-14,26H,15-16H2,1-4H3. The van der Waals surface area contributed by atoms with Crippen LogP contribution in [0.5, 0.6) is 11.5 Å². The van der Waals surface area contributed by atoms with Crippen LogP contribution in [0.25, 0.3) is 0 Å². The van der Waals surface area contributed by atoms with Crippen LogP contribution in [0.1, 0.15) is 11.1 Å². The average molecular weight is 437 g/mol. The molecular weight excluding hydrogens is 410 g/mol. The fourth-order valence-electron chi connectivity index (χ4n) is 3.20. The number of hydrogen-bond acceptors (Lipinski definition) is 8. The van der Waals surface area contributed by atoms with Crippen LogP contribution in [0.3, 0.4) is 0 Å². The van der Waals surface area contributed by atoms with Crippen LogP contribution < -0.4 is 14.9 Å². The minimum Gasteiger partial charge on any atom is -0.497 e. The van der Waals surface area contributed by atoms with Gasteiger partial charge in [0.25, 0.3) is 0 Å². The molecule has 1 N–H and O–H groups in total. The number of rotatable bonds is 9. The van der Waals surface area contributed by atoms with Gasteiger partial charge >= 0.3 is 5.97 Å². The third-order valence-corrected chi connectivity index (χ3v) is 4.93. The summed E-state index contributed by atoms with van der Waals surface area (Å²) in [5.41, 5.74) is 5.36. The lowest BCUT2D eigenvalue weighted by Crippen LogP contribution is -2.31. The predicted molar refractivity (Wildman–Crippen MR) is 121 cm³/mol. The van der Waals surface area contributed by atoms with Crippen LogP contribution in [0, 0.1) is 0 Å². The maximum Gasteiger partial charge on any atom is 0.341 e. The van der Waals surface area contributed by atoms with Crippen molar-refractivity contribution in [2.75, 3.05) is 28.4 Å². The third kappa shape index (κ3) is 5.60. The molecule has 1 aliphatic rings. The highest BCUT2D eigenvalue weighted by molar-refractivity contribution is 5.94. The zero-order valence-corrected chi connectivity index (χ0v) is 18.6. The van der Waals surface area contributed by atoms with E-state index in [4.69, 9.17) is 18.9 Å². The summed E-state index contributed by atoms with van der Waals surface area (Å²) in [6, 6.07) is 15.5. The van der Waals surface area contributed by atoms with Crippen molar-refractivity contribution in [3.8, 4) is 11.5 Å². The molecule has 0 fully saturated rings. The number of hydrazone groups is 1. The summed E-state index contributed by atoms with van der Waals surface area (Å²) in [5, 5.41) is 4.21. The number of allylic oxidation sites excluding steroid dienone is 1. The SMILES string of the molecule is COC(=O)C1=C(N(Cc2ccc(OC)cc2)Cc2ccc(OC)cc2)NN=CC(OC)=C1. The zero-order chi connectivity index (χ0) is 22.9. The van der Waals surface area contributed by atoms with Crippen molar-refractivity contribution in [3.05, 3.63) is 82.9 Å². The van der Waals surface area contributed by atoms with Crippen molar-refractivity contribution < 1.29 is 23.7 Å². The van der Waals surface area contributed by atoms with Crippen LogP contribution in [-0.4, -0.2) is 45.5 Å². The molecule has 8 heteroatoms. The minimum absolute atomic E-state index is 0.309. The lowest BCUT2D eigenvalue weighted by Gasteiger charge is -2.28. The molecule has 0 aliphatic carbocycles. The van der Waals surface area contributed by atoms with Gasteiger partial charge in [0.1, 0.15) is 28.7 Å². The van der Waals surface area contributed by atoms with Crippen molar-refractivity contribution in [3.63, 3.8) is 0 Å². The van der Waals surface area contributed by atoms with E-state index in [-0.39, 0.29) is 0 Å². The number of carbonyl (C=O) groups is 1. The molecular formula is C24H27N3O5. The Kier molecular flexibility index (Phi) is 7.75. The highest BCUT2D eigenvalue weighted by Crippen LogP contribution is 2.23. The smallest absolute Gasteiger partial charge is 0.341 e. The van der Waals surface area contributed by atoms with Crippen LogP contribution >= 0.6 is 0 Å². The van der Waals surface area contributed by atoms with Gasteiger partial charge in [0.2, 0.25) is 0 Å². The summed E-state index contributed by atoms with van der Waals surface area (Å²) >= 11 is 0. The average Bonchev–Trinajstić information content (AvgIpc) is 3.06. The van der Waals surface area contributed by atoms with Crippen molar-refractivity contribution in [2.45, 2.75) is 13.1 Å². The highest BCUT2D eigenvalue weighted by Gasteiger charge is 2.23. The Morgan fingerprint density at radius 3 is 1.81 bits per heavy atom. The van der Waals surface area contributed by atoms with Gasteiger partial charge in [0, 0.05) is 19.2 Å². The van der Waals surface area contributed by atoms with E-state index in [9.17, 15) is 4.79 Å². The molecule has 2 aromatic rings. The van der Waals surface area contributed by atoms with E-state index in [1.807, 2.05) is 53.4 Å². The van der Waals surface area contributed by atoms with Gasteiger partial charge in [0.15, 0.2) is 0 Å². The van der Waals surface area contributed by atoms with Crippen molar-refractivity contribution in [1.82, 2.24) is 10.3 Å². The number of hydrogen-bond donors (Lipinski definition) is 1. The van der Waals surface area contributed by atoms with Gasteiger partial charge in [0.05, 0.1) is 34.7 Å². The van der Waals surface area contributed by atoms with E-state index < -0.39 is 5.97 Å². The van der Waals surface area contributed by atoms with E-state index in [1.54, 1.807) is 20.3 Å². The molecule has 1 heterocycles. The molecule has 3 rings (SSSR count). The lowest BCUT2D eigenvalue weighted by molar-refractivity contribution is -0.135. The van der Waals surface area contributed by atoms with Crippen LogP contribution in [0.2, 0.25) is 0 Å². The Balaban J connectivity index is 2.03. The normalized spacial score (nSPS) is 12.9. The fraction of sp³-hybridized carbons (Fsp3) is 0.250. The predicted octanol–water partition coefficient (Wildman–Crippen LogP) is 3.21. The molecule has 168 valence electrons. The van der Waals surface area contributed by atoms with Crippen molar-refractivity contribution >= 4 is 12.2 Å². The summed E-state index contributed by atoms with van der Waals surface area (Å²) in [4.78, 5) is 14.6. The third-order valence-electron chi connectivity index (χ3n) is 4.93. The van der Waals surface area contributed by atoms with Crippen LogP contribution in [0.15, 0.2) is 76.9 Å². The number of esters is 1. The molecule has 0 saturated carbocycles. The van der Waals surface area contributed by atoms with Crippen molar-refractivity contribution in [1.29, 1.82) is 0 Å². The zero-order valence-electron chi connectivity index (χ0n) is 18.6. The van der Waals surface area contributed by atoms with Crippen LogP contribution in [0.4, 0.5) is 0 Å². The Morgan fingerprint density at radius 2 is 1.38 bits per heavy atom. The first-order valence-electron chi connectivity index (χ1n) is 9.96. The number of benzene rings is 2. The molecule has 8 nitrogen and oxygen atoms in total. The number of carbonyl (C=O) groups excluding carboxylic acids is 1. The molecule has 0 amide bonds. The maximum absolute atomic E-state index is 12.6. The largest absolute Gasteiger partial charge is 0.497 e. The van der Waals surface area contributed by atoms with Gasteiger partial charge in [-0.15, -0.1) is 0 Å². The second-order valence-electron chi connectivity index (χ2n) is 6.93. The number of nitrogens with one attached hydrogen (secondary N) is 1. The molecule has 1 aliphatic heterocycles. The summed E-state index contributed by atoms with van der Waals surface area (Å²) in [7, 11) is 6.12. The molecule has 0 spiro atoms. The molecule has 0 aromatic heterocycles. The summed E-state index contributed by atoms with van der Waals surface area (Å²) in [5.74, 6) is 1.99. The van der Waals surface area contributed by atoms with Crippen molar-refractivity contribution in [2.24, 2.45) is 5.10 Å². The van der Waals surface area contributed by atoms with Gasteiger partial charge in [-0.3, -0.25) is 5.43 Å². The van der Waals surface area contributed by atoms with Gasteiger partial charge in [-0.05, 0) is 35.4 Å². The first-order valence-corrected chi connectivity index (χ1v) is 9.96. The topological polar surface area (TPSA) is 81.6 Å². The molecule has 0 unspecified atom stereocenters. The number of ether oxygens (including phenoxy) is 4. The molecule has 2 aromatic carbocycles. The number of nitrogens with zero attached hydrogens (tertiary/aromatic N) is 2. The number of methoxy groups -OCH3 is 4. The second kappa shape index (κ2) is 10.9. The van der Waals surface area contributed by atoms with Gasteiger partial charge < -0.3 is 23.8 Å².